The quantitative estimate of drug-likeness (QED) is 0.267. The number of carboxylic acid groups (broad SMARTS) is 1. The summed E-state index contributed by atoms with van der Waals surface area (Å²) in [6.45, 7) is 12.5. The largest absolute Gasteiger partial charge is 0.481 e. The van der Waals surface area contributed by atoms with Crippen LogP contribution in [-0.4, -0.2) is 87.4 Å². The molecule has 0 bridgehead atoms. The lowest BCUT2D eigenvalue weighted by Gasteiger charge is -2.38. The first-order valence-corrected chi connectivity index (χ1v) is 18.9. The van der Waals surface area contributed by atoms with Crippen LogP contribution in [0, 0.1) is 22.7 Å². The predicted octanol–water partition coefficient (Wildman–Crippen LogP) is 7.80. The van der Waals surface area contributed by atoms with Gasteiger partial charge in [0.25, 0.3) is 0 Å². The van der Waals surface area contributed by atoms with Crippen molar-refractivity contribution in [2.24, 2.45) is 5.73 Å². The highest BCUT2D eigenvalue weighted by Crippen LogP contribution is 2.26. The van der Waals surface area contributed by atoms with E-state index in [0.717, 1.165) is 0 Å². The first kappa shape index (κ1) is 47.2. The van der Waals surface area contributed by atoms with E-state index in [0.29, 0.717) is 83.1 Å². The molecule has 0 spiro atoms. The fourth-order valence-corrected chi connectivity index (χ4v) is 6.12. The van der Waals surface area contributed by atoms with Crippen molar-refractivity contribution in [3.8, 4) is 12.1 Å². The minimum Gasteiger partial charge on any atom is -0.481 e. The van der Waals surface area contributed by atoms with Gasteiger partial charge in [-0.15, -0.1) is 0 Å². The number of piperidine rings is 2. The van der Waals surface area contributed by atoms with Crippen molar-refractivity contribution in [2.75, 3.05) is 26.2 Å². The maximum Gasteiger partial charge on any atom is 0.410 e. The number of likely N-dealkylation sites (tertiary alicyclic amines) is 2. The zero-order chi connectivity index (χ0) is 41.8. The summed E-state index contributed by atoms with van der Waals surface area (Å²) in [4.78, 5) is 49.7. The van der Waals surface area contributed by atoms with Gasteiger partial charge >= 0.3 is 18.2 Å². The lowest BCUT2D eigenvalue weighted by molar-refractivity contribution is -0.136. The van der Waals surface area contributed by atoms with Crippen molar-refractivity contribution in [3.63, 3.8) is 0 Å². The Balaban J connectivity index is 0.000000315. The summed E-state index contributed by atoms with van der Waals surface area (Å²) < 4.78 is 10.6. The predicted molar refractivity (Wildman–Crippen MR) is 211 cm³/mol. The van der Waals surface area contributed by atoms with Crippen molar-refractivity contribution in [1.29, 1.82) is 10.5 Å². The number of aliphatic carboxylic acids is 1. The number of benzene rings is 2. The van der Waals surface area contributed by atoms with Gasteiger partial charge in [0.2, 0.25) is 5.91 Å². The van der Waals surface area contributed by atoms with E-state index in [2.05, 4.69) is 17.5 Å². The third-order valence-corrected chi connectivity index (χ3v) is 9.29. The third kappa shape index (κ3) is 16.7. The fourth-order valence-electron chi connectivity index (χ4n) is 5.17. The Morgan fingerprint density at radius 2 is 1.15 bits per heavy atom. The molecular formula is C38H48Cl4N6O7. The number of nitrogens with zero attached hydrogens (tertiary/aromatic N) is 4. The average Bonchev–Trinajstić information content (AvgIpc) is 3.07. The van der Waals surface area contributed by atoms with Gasteiger partial charge in [0.05, 0.1) is 25.0 Å². The zero-order valence-electron chi connectivity index (χ0n) is 31.8. The fraction of sp³-hybridized carbons (Fsp3) is 0.526. The van der Waals surface area contributed by atoms with Crippen LogP contribution >= 0.6 is 46.4 Å². The van der Waals surface area contributed by atoms with Gasteiger partial charge in [-0.25, -0.2) is 9.59 Å². The minimum atomic E-state index is -1.01. The van der Waals surface area contributed by atoms with Crippen LogP contribution in [0.15, 0.2) is 36.4 Å². The van der Waals surface area contributed by atoms with Gasteiger partial charge < -0.3 is 35.4 Å². The molecular weight excluding hydrogens is 794 g/mol. The van der Waals surface area contributed by atoms with E-state index in [1.54, 1.807) is 60.9 Å². The first-order chi connectivity index (χ1) is 25.4. The molecule has 2 saturated heterocycles. The number of hydrogen-bond acceptors (Lipinski definition) is 9. The molecule has 3 amide bonds. The average molecular weight is 843 g/mol. The highest BCUT2D eigenvalue weighted by molar-refractivity contribution is 6.35. The molecule has 2 aromatic rings. The van der Waals surface area contributed by atoms with E-state index in [-0.39, 0.29) is 24.8 Å². The van der Waals surface area contributed by atoms with Gasteiger partial charge in [0.1, 0.15) is 22.3 Å². The number of halogens is 4. The van der Waals surface area contributed by atoms with E-state index >= 15 is 0 Å². The monoisotopic (exact) mass is 840 g/mol. The number of nitriles is 2. The second-order valence-corrected chi connectivity index (χ2v) is 16.9. The van der Waals surface area contributed by atoms with E-state index < -0.39 is 34.3 Å². The minimum absolute atomic E-state index is 0.0508. The Bertz CT molecular complexity index is 1770. The van der Waals surface area contributed by atoms with Gasteiger partial charge in [0.15, 0.2) is 0 Å². The number of ether oxygens (including phenoxy) is 2. The van der Waals surface area contributed by atoms with Crippen LogP contribution in [0.25, 0.3) is 0 Å². The van der Waals surface area contributed by atoms with Crippen molar-refractivity contribution in [1.82, 2.24) is 15.1 Å². The molecule has 4 rings (SSSR count). The third-order valence-electron chi connectivity index (χ3n) is 8.11. The smallest absolute Gasteiger partial charge is 0.410 e. The summed E-state index contributed by atoms with van der Waals surface area (Å²) in [5.74, 6) is -1.20. The Kier molecular flexibility index (Phi) is 17.4. The van der Waals surface area contributed by atoms with Crippen LogP contribution in [0.5, 0.6) is 0 Å². The number of carbonyl (C=O) groups excluding carboxylic acids is 3. The Morgan fingerprint density at radius 3 is 1.49 bits per heavy atom. The van der Waals surface area contributed by atoms with Crippen molar-refractivity contribution >= 4 is 70.5 Å². The zero-order valence-corrected chi connectivity index (χ0v) is 34.8. The molecule has 2 aliphatic rings. The highest BCUT2D eigenvalue weighted by atomic mass is 35.5. The van der Waals surface area contributed by atoms with Gasteiger partial charge in [-0.2, -0.15) is 10.5 Å². The molecule has 2 aliphatic heterocycles. The number of amides is 3. The lowest BCUT2D eigenvalue weighted by atomic mass is 9.88. The van der Waals surface area contributed by atoms with Gasteiger partial charge in [0, 0.05) is 59.1 Å². The van der Waals surface area contributed by atoms with Crippen LogP contribution in [0.4, 0.5) is 9.59 Å². The summed E-state index contributed by atoms with van der Waals surface area (Å²) >= 11 is 23.3. The number of carboxylic acids is 1. The number of carbonyl (C=O) groups is 4. The molecule has 2 heterocycles. The number of nitrogens with two attached hydrogens (primary N) is 1. The molecule has 0 saturated carbocycles. The molecule has 0 unspecified atom stereocenters. The van der Waals surface area contributed by atoms with E-state index in [1.165, 1.54) is 6.07 Å². The second-order valence-electron chi connectivity index (χ2n) is 15.2. The summed E-state index contributed by atoms with van der Waals surface area (Å²) in [6.07, 6.45) is 0.920. The lowest BCUT2D eigenvalue weighted by Crippen LogP contribution is -2.56. The maximum atomic E-state index is 12.4. The SMILES string of the molecule is CC(C)(C)OC(=O)N1CCC(C#N)(NC(=O)Cc2ccc(Cl)cc2Cl)CC1.CC(C)(C)OC(=O)N1CCC(N)(C#N)CC1.O=C(O)Cc1ccc(Cl)cc1Cl. The van der Waals surface area contributed by atoms with Gasteiger partial charge in [-0.05, 0) is 89.8 Å². The molecule has 0 atom stereocenters. The Labute approximate surface area is 342 Å². The standard InChI is InChI=1S/C19H23Cl2N3O3.C11H19N3O2.C8H6Cl2O2/c1-18(2,3)27-17(26)24-8-6-19(12-22,7-9-24)23-16(25)10-13-4-5-14(20)11-15(13)21;1-10(2,3)16-9(15)14-6-4-11(13,8-12)5-7-14;9-6-2-1-5(3-8(11)12)7(10)4-6/h4-5,11H,6-10H2,1-3H3,(H,23,25);4-7,13H2,1-3H3;1-2,4H,3H2,(H,11,12). The van der Waals surface area contributed by atoms with Crippen LogP contribution in [0.3, 0.4) is 0 Å². The van der Waals surface area contributed by atoms with Crippen molar-refractivity contribution in [3.05, 3.63) is 67.6 Å². The normalized spacial score (nSPS) is 16.0. The first-order valence-electron chi connectivity index (χ1n) is 17.4. The maximum absolute atomic E-state index is 12.4. The Morgan fingerprint density at radius 1 is 0.745 bits per heavy atom. The molecule has 2 fully saturated rings. The molecule has 2 aromatic carbocycles. The van der Waals surface area contributed by atoms with E-state index in [9.17, 15) is 24.4 Å². The molecule has 4 N–H and O–H groups in total. The summed E-state index contributed by atoms with van der Waals surface area (Å²) in [6, 6.07) is 14.0. The molecule has 300 valence electrons. The number of hydrogen-bond donors (Lipinski definition) is 3. The topological polar surface area (TPSA) is 199 Å². The number of nitrogens with one attached hydrogen (secondary N) is 1. The van der Waals surface area contributed by atoms with Crippen LogP contribution in [-0.2, 0) is 31.9 Å². The van der Waals surface area contributed by atoms with Crippen LogP contribution in [0.1, 0.15) is 78.4 Å². The van der Waals surface area contributed by atoms with E-state index in [1.807, 2.05) is 20.8 Å². The van der Waals surface area contributed by atoms with Gasteiger partial charge in [-0.1, -0.05) is 58.5 Å². The summed E-state index contributed by atoms with van der Waals surface area (Å²) in [5, 5.41) is 31.5. The Hall–Kier alpha value is -3.98. The molecule has 55 heavy (non-hydrogen) atoms. The molecule has 17 heteroatoms. The molecule has 0 aliphatic carbocycles. The summed E-state index contributed by atoms with van der Waals surface area (Å²) in [7, 11) is 0. The highest BCUT2D eigenvalue weighted by Gasteiger charge is 2.39. The van der Waals surface area contributed by atoms with Gasteiger partial charge in [-0.3, -0.25) is 9.59 Å². The van der Waals surface area contributed by atoms with E-state index in [4.69, 9.17) is 72.0 Å². The van der Waals surface area contributed by atoms with Crippen molar-refractivity contribution in [2.45, 2.75) is 102 Å². The van der Waals surface area contributed by atoms with Crippen LogP contribution < -0.4 is 11.1 Å². The van der Waals surface area contributed by atoms with Crippen molar-refractivity contribution < 1.29 is 33.8 Å². The molecule has 0 radical (unpaired) electrons. The van der Waals surface area contributed by atoms with Crippen LogP contribution in [0.2, 0.25) is 20.1 Å². The second kappa shape index (κ2) is 20.3. The molecule has 0 aromatic heterocycles. The summed E-state index contributed by atoms with van der Waals surface area (Å²) in [5.41, 5.74) is 4.18. The molecule has 13 nitrogen and oxygen atoms in total. The number of rotatable bonds is 5.